The van der Waals surface area contributed by atoms with Gasteiger partial charge in [0.25, 0.3) is 0 Å². The molecule has 1 fully saturated rings. The second-order valence-electron chi connectivity index (χ2n) is 5.77. The van der Waals surface area contributed by atoms with Crippen LogP contribution in [-0.4, -0.2) is 46.2 Å². The number of rotatable bonds is 5. The fourth-order valence-corrected chi connectivity index (χ4v) is 3.51. The SMILES string of the molecule is CSCc1nc2ccccc2n1CC(=O)N1CCC(CN)C1. The van der Waals surface area contributed by atoms with Crippen molar-refractivity contribution in [1.82, 2.24) is 14.5 Å². The van der Waals surface area contributed by atoms with Gasteiger partial charge < -0.3 is 15.2 Å². The maximum Gasteiger partial charge on any atom is 0.242 e. The van der Waals surface area contributed by atoms with Gasteiger partial charge in [0.1, 0.15) is 12.4 Å². The molecule has 0 bridgehead atoms. The summed E-state index contributed by atoms with van der Waals surface area (Å²) in [5.74, 6) is 2.40. The number of carbonyl (C=O) groups excluding carboxylic acids is 1. The normalized spacial score (nSPS) is 18.3. The Morgan fingerprint density at radius 3 is 3.00 bits per heavy atom. The number of hydrogen-bond donors (Lipinski definition) is 1. The van der Waals surface area contributed by atoms with Crippen LogP contribution in [0.25, 0.3) is 11.0 Å². The van der Waals surface area contributed by atoms with Crippen LogP contribution in [0.1, 0.15) is 12.2 Å². The van der Waals surface area contributed by atoms with E-state index in [1.165, 1.54) is 0 Å². The Hall–Kier alpha value is -1.53. The molecule has 2 heterocycles. The minimum atomic E-state index is 0.168. The lowest BCUT2D eigenvalue weighted by Gasteiger charge is -2.18. The lowest BCUT2D eigenvalue weighted by Crippen LogP contribution is -2.33. The second kappa shape index (κ2) is 6.71. The number of carbonyl (C=O) groups is 1. The van der Waals surface area contributed by atoms with E-state index in [0.29, 0.717) is 19.0 Å². The monoisotopic (exact) mass is 318 g/mol. The molecule has 2 N–H and O–H groups in total. The van der Waals surface area contributed by atoms with E-state index < -0.39 is 0 Å². The van der Waals surface area contributed by atoms with Gasteiger partial charge >= 0.3 is 0 Å². The minimum absolute atomic E-state index is 0.168. The van der Waals surface area contributed by atoms with Gasteiger partial charge in [0, 0.05) is 13.1 Å². The Balaban J connectivity index is 1.83. The summed E-state index contributed by atoms with van der Waals surface area (Å²) in [7, 11) is 0. The van der Waals surface area contributed by atoms with Gasteiger partial charge in [0.05, 0.1) is 16.8 Å². The molecule has 5 nitrogen and oxygen atoms in total. The zero-order chi connectivity index (χ0) is 15.5. The van der Waals surface area contributed by atoms with E-state index in [-0.39, 0.29) is 5.91 Å². The van der Waals surface area contributed by atoms with Crippen molar-refractivity contribution in [3.63, 3.8) is 0 Å². The van der Waals surface area contributed by atoms with Gasteiger partial charge in [-0.25, -0.2) is 4.98 Å². The smallest absolute Gasteiger partial charge is 0.242 e. The van der Waals surface area contributed by atoms with Crippen molar-refractivity contribution < 1.29 is 4.79 Å². The van der Waals surface area contributed by atoms with Crippen molar-refractivity contribution in [1.29, 1.82) is 0 Å². The van der Waals surface area contributed by atoms with Gasteiger partial charge in [-0.05, 0) is 37.3 Å². The van der Waals surface area contributed by atoms with Crippen LogP contribution >= 0.6 is 11.8 Å². The van der Waals surface area contributed by atoms with E-state index in [1.54, 1.807) is 11.8 Å². The summed E-state index contributed by atoms with van der Waals surface area (Å²) in [6.07, 6.45) is 3.07. The molecule has 22 heavy (non-hydrogen) atoms. The fraction of sp³-hybridized carbons (Fsp3) is 0.500. The number of fused-ring (bicyclic) bond motifs is 1. The number of benzene rings is 1. The van der Waals surface area contributed by atoms with Crippen LogP contribution in [0.3, 0.4) is 0 Å². The third-order valence-corrected chi connectivity index (χ3v) is 4.82. The molecule has 3 rings (SSSR count). The number of likely N-dealkylation sites (tertiary alicyclic amines) is 1. The molecule has 1 unspecified atom stereocenters. The minimum Gasteiger partial charge on any atom is -0.341 e. The molecule has 118 valence electrons. The standard InChI is InChI=1S/C16H22N4OS/c1-22-11-15-18-13-4-2-3-5-14(13)20(15)10-16(21)19-7-6-12(8-17)9-19/h2-5,12H,6-11,17H2,1H3. The molecule has 1 aliphatic heterocycles. The first-order chi connectivity index (χ1) is 10.7. The van der Waals surface area contributed by atoms with Crippen LogP contribution in [0.5, 0.6) is 0 Å². The quantitative estimate of drug-likeness (QED) is 0.911. The largest absolute Gasteiger partial charge is 0.341 e. The van der Waals surface area contributed by atoms with E-state index >= 15 is 0 Å². The van der Waals surface area contributed by atoms with Crippen LogP contribution in [0.2, 0.25) is 0 Å². The van der Waals surface area contributed by atoms with Crippen LogP contribution in [0.15, 0.2) is 24.3 Å². The van der Waals surface area contributed by atoms with Gasteiger partial charge in [-0.15, -0.1) is 0 Å². The van der Waals surface area contributed by atoms with Crippen molar-refractivity contribution in [3.8, 4) is 0 Å². The van der Waals surface area contributed by atoms with E-state index in [0.717, 1.165) is 42.1 Å². The molecule has 1 amide bonds. The molecule has 1 aromatic carbocycles. The van der Waals surface area contributed by atoms with E-state index in [1.807, 2.05) is 29.2 Å². The van der Waals surface area contributed by atoms with Gasteiger partial charge in [0.2, 0.25) is 5.91 Å². The average Bonchev–Trinajstić information content (AvgIpc) is 3.13. The molecule has 0 aliphatic carbocycles. The first kappa shape index (κ1) is 15.4. The molecule has 1 saturated heterocycles. The van der Waals surface area contributed by atoms with Gasteiger partial charge in [-0.2, -0.15) is 11.8 Å². The Morgan fingerprint density at radius 2 is 2.27 bits per heavy atom. The molecule has 1 aliphatic rings. The molecule has 0 saturated carbocycles. The topological polar surface area (TPSA) is 64.2 Å². The highest BCUT2D eigenvalue weighted by atomic mass is 32.2. The number of imidazole rings is 1. The maximum absolute atomic E-state index is 12.6. The molecule has 1 aromatic heterocycles. The average molecular weight is 318 g/mol. The summed E-state index contributed by atoms with van der Waals surface area (Å²) in [4.78, 5) is 19.2. The molecule has 0 radical (unpaired) electrons. The number of para-hydroxylation sites is 2. The third kappa shape index (κ3) is 2.98. The highest BCUT2D eigenvalue weighted by Gasteiger charge is 2.26. The van der Waals surface area contributed by atoms with Crippen LogP contribution in [0, 0.1) is 5.92 Å². The highest BCUT2D eigenvalue weighted by molar-refractivity contribution is 7.97. The number of aromatic nitrogens is 2. The molecule has 6 heteroatoms. The number of nitrogens with two attached hydrogens (primary N) is 1. The summed E-state index contributed by atoms with van der Waals surface area (Å²) in [6.45, 7) is 2.65. The van der Waals surface area contributed by atoms with Crippen LogP contribution in [0.4, 0.5) is 0 Å². The van der Waals surface area contributed by atoms with Gasteiger partial charge in [-0.3, -0.25) is 4.79 Å². The summed E-state index contributed by atoms with van der Waals surface area (Å²) >= 11 is 1.72. The van der Waals surface area contributed by atoms with Crippen LogP contribution < -0.4 is 5.73 Å². The predicted molar refractivity (Wildman–Crippen MR) is 90.7 cm³/mol. The van der Waals surface area contributed by atoms with Crippen molar-refractivity contribution >= 4 is 28.7 Å². The van der Waals surface area contributed by atoms with E-state index in [4.69, 9.17) is 5.73 Å². The molecule has 0 spiro atoms. The van der Waals surface area contributed by atoms with E-state index in [2.05, 4.69) is 15.8 Å². The van der Waals surface area contributed by atoms with Gasteiger partial charge in [0.15, 0.2) is 0 Å². The molecule has 2 aromatic rings. The van der Waals surface area contributed by atoms with Crippen molar-refractivity contribution in [2.24, 2.45) is 11.7 Å². The summed E-state index contributed by atoms with van der Waals surface area (Å²) in [5, 5.41) is 0. The Bertz CT molecular complexity index is 669. The van der Waals surface area contributed by atoms with E-state index in [9.17, 15) is 4.79 Å². The second-order valence-corrected chi connectivity index (χ2v) is 6.63. The first-order valence-electron chi connectivity index (χ1n) is 7.64. The Kier molecular flexibility index (Phi) is 4.69. The predicted octanol–water partition coefficient (Wildman–Crippen LogP) is 1.71. The molecule has 1 atom stereocenters. The summed E-state index contributed by atoms with van der Waals surface area (Å²) < 4.78 is 2.06. The number of nitrogens with zero attached hydrogens (tertiary/aromatic N) is 3. The number of thioether (sulfide) groups is 1. The molecular weight excluding hydrogens is 296 g/mol. The number of amides is 1. The Labute approximate surface area is 134 Å². The van der Waals surface area contributed by atoms with Crippen molar-refractivity contribution in [3.05, 3.63) is 30.1 Å². The number of hydrogen-bond acceptors (Lipinski definition) is 4. The Morgan fingerprint density at radius 1 is 1.45 bits per heavy atom. The zero-order valence-corrected chi connectivity index (χ0v) is 13.7. The summed E-state index contributed by atoms with van der Waals surface area (Å²) in [5.41, 5.74) is 7.71. The molecular formula is C16H22N4OS. The van der Waals surface area contributed by atoms with Crippen molar-refractivity contribution in [2.45, 2.75) is 18.7 Å². The fourth-order valence-electron chi connectivity index (χ4n) is 3.03. The first-order valence-corrected chi connectivity index (χ1v) is 9.03. The maximum atomic E-state index is 12.6. The van der Waals surface area contributed by atoms with Gasteiger partial charge in [-0.1, -0.05) is 12.1 Å². The lowest BCUT2D eigenvalue weighted by molar-refractivity contribution is -0.130. The van der Waals surface area contributed by atoms with Crippen molar-refractivity contribution in [2.75, 3.05) is 25.9 Å². The summed E-state index contributed by atoms with van der Waals surface area (Å²) in [6, 6.07) is 8.01. The van der Waals surface area contributed by atoms with Crippen LogP contribution in [-0.2, 0) is 17.1 Å². The lowest BCUT2D eigenvalue weighted by atomic mass is 10.1. The highest BCUT2D eigenvalue weighted by Crippen LogP contribution is 2.21. The third-order valence-electron chi connectivity index (χ3n) is 4.27. The zero-order valence-electron chi connectivity index (χ0n) is 12.9.